The number of hydrogen-bond donors (Lipinski definition) is 0. The Morgan fingerprint density at radius 1 is 0.875 bits per heavy atom. The number of pyridine rings is 1. The highest BCUT2D eigenvalue weighted by Crippen LogP contribution is 2.14. The van der Waals surface area contributed by atoms with E-state index < -0.39 is 0 Å². The molecule has 82 valence electrons. The first kappa shape index (κ1) is 10.9. The van der Waals surface area contributed by atoms with Crippen LogP contribution in [-0.4, -0.2) is 0 Å². The van der Waals surface area contributed by atoms with Crippen molar-refractivity contribution in [2.75, 3.05) is 0 Å². The van der Waals surface area contributed by atoms with E-state index in [0.717, 1.165) is 0 Å². The zero-order valence-corrected chi connectivity index (χ0v) is 10.1. The Morgan fingerprint density at radius 2 is 1.44 bits per heavy atom. The van der Waals surface area contributed by atoms with Crippen LogP contribution in [0, 0.1) is 6.92 Å². The molecule has 0 radical (unpaired) electrons. The van der Waals surface area contributed by atoms with Crippen LogP contribution in [0.25, 0.3) is 5.69 Å². The van der Waals surface area contributed by atoms with Crippen molar-refractivity contribution in [1.29, 1.82) is 0 Å². The normalized spacial score (nSPS) is 10.8. The van der Waals surface area contributed by atoms with E-state index in [0.29, 0.717) is 5.92 Å². The summed E-state index contributed by atoms with van der Waals surface area (Å²) in [5.74, 6) is 0.595. The van der Waals surface area contributed by atoms with Crippen molar-refractivity contribution in [3.05, 3.63) is 59.9 Å². The predicted octanol–water partition coefficient (Wildman–Crippen LogP) is 3.40. The lowest BCUT2D eigenvalue weighted by molar-refractivity contribution is -0.595. The van der Waals surface area contributed by atoms with Crippen molar-refractivity contribution >= 4 is 0 Å². The van der Waals surface area contributed by atoms with Crippen LogP contribution in [-0.2, 0) is 0 Å². The first-order valence-corrected chi connectivity index (χ1v) is 5.75. The van der Waals surface area contributed by atoms with Crippen LogP contribution in [0.1, 0.15) is 30.9 Å². The number of benzene rings is 1. The van der Waals surface area contributed by atoms with E-state index in [2.05, 4.69) is 74.1 Å². The third-order valence-corrected chi connectivity index (χ3v) is 2.85. The maximum absolute atomic E-state index is 2.22. The molecule has 1 heterocycles. The maximum atomic E-state index is 2.22. The molecule has 0 aliphatic heterocycles. The second-order valence-corrected chi connectivity index (χ2v) is 4.53. The number of aromatic nitrogens is 1. The Balaban J connectivity index is 2.31. The van der Waals surface area contributed by atoms with E-state index in [1.807, 2.05) is 0 Å². The Kier molecular flexibility index (Phi) is 3.04. The largest absolute Gasteiger partial charge is 0.210 e. The molecule has 1 aromatic heterocycles. The van der Waals surface area contributed by atoms with Gasteiger partial charge in [-0.1, -0.05) is 26.0 Å². The molecule has 16 heavy (non-hydrogen) atoms. The lowest BCUT2D eigenvalue weighted by atomic mass is 10.0. The van der Waals surface area contributed by atoms with E-state index in [-0.39, 0.29) is 0 Å². The van der Waals surface area contributed by atoms with E-state index in [1.165, 1.54) is 16.8 Å². The predicted molar refractivity (Wildman–Crippen MR) is 66.8 cm³/mol. The average molecular weight is 212 g/mol. The quantitative estimate of drug-likeness (QED) is 0.672. The van der Waals surface area contributed by atoms with Gasteiger partial charge in [-0.25, -0.2) is 0 Å². The van der Waals surface area contributed by atoms with Gasteiger partial charge in [0.25, 0.3) is 0 Å². The summed E-state index contributed by atoms with van der Waals surface area (Å²) >= 11 is 0. The SMILES string of the molecule is Cc1cc[n+](-c2ccc(C(C)C)cc2)cc1. The highest BCUT2D eigenvalue weighted by atomic mass is 14.9. The zero-order valence-electron chi connectivity index (χ0n) is 10.1. The highest BCUT2D eigenvalue weighted by molar-refractivity contribution is 5.29. The minimum atomic E-state index is 0.595. The summed E-state index contributed by atoms with van der Waals surface area (Å²) in [7, 11) is 0. The van der Waals surface area contributed by atoms with E-state index >= 15 is 0 Å². The molecule has 0 N–H and O–H groups in total. The van der Waals surface area contributed by atoms with Crippen molar-refractivity contribution in [2.24, 2.45) is 0 Å². The minimum absolute atomic E-state index is 0.595. The van der Waals surface area contributed by atoms with Crippen LogP contribution >= 0.6 is 0 Å². The topological polar surface area (TPSA) is 3.88 Å². The molecule has 0 unspecified atom stereocenters. The Labute approximate surface area is 97.4 Å². The second kappa shape index (κ2) is 4.48. The summed E-state index contributed by atoms with van der Waals surface area (Å²) in [5, 5.41) is 0. The molecule has 2 aromatic rings. The van der Waals surface area contributed by atoms with Crippen LogP contribution in [0.4, 0.5) is 0 Å². The van der Waals surface area contributed by atoms with Crippen molar-refractivity contribution in [1.82, 2.24) is 0 Å². The lowest BCUT2D eigenvalue weighted by Crippen LogP contribution is -2.29. The average Bonchev–Trinajstić information content (AvgIpc) is 2.30. The first-order chi connectivity index (χ1) is 7.66. The van der Waals surface area contributed by atoms with Gasteiger partial charge in [-0.3, -0.25) is 0 Å². The van der Waals surface area contributed by atoms with Crippen LogP contribution in [0.3, 0.4) is 0 Å². The van der Waals surface area contributed by atoms with Crippen LogP contribution in [0.5, 0.6) is 0 Å². The first-order valence-electron chi connectivity index (χ1n) is 5.75. The monoisotopic (exact) mass is 212 g/mol. The molecule has 1 nitrogen and oxygen atoms in total. The summed E-state index contributed by atoms with van der Waals surface area (Å²) in [6.45, 7) is 6.54. The summed E-state index contributed by atoms with van der Waals surface area (Å²) in [5.41, 5.74) is 3.89. The summed E-state index contributed by atoms with van der Waals surface area (Å²) in [4.78, 5) is 0. The smallest absolute Gasteiger partial charge is 0.167 e. The van der Waals surface area contributed by atoms with E-state index in [4.69, 9.17) is 0 Å². The van der Waals surface area contributed by atoms with Gasteiger partial charge in [-0.05, 0) is 24.0 Å². The van der Waals surface area contributed by atoms with Gasteiger partial charge in [-0.15, -0.1) is 0 Å². The van der Waals surface area contributed by atoms with Crippen LogP contribution in [0.2, 0.25) is 0 Å². The Hall–Kier alpha value is -1.63. The molecule has 0 aliphatic carbocycles. The molecule has 1 aromatic carbocycles. The number of aryl methyl sites for hydroxylation is 1. The molecule has 0 aliphatic rings. The van der Waals surface area contributed by atoms with Gasteiger partial charge in [0.2, 0.25) is 5.69 Å². The molecule has 0 spiro atoms. The molecule has 0 atom stereocenters. The molecule has 1 heteroatoms. The van der Waals surface area contributed by atoms with Crippen molar-refractivity contribution < 1.29 is 4.57 Å². The second-order valence-electron chi connectivity index (χ2n) is 4.53. The maximum Gasteiger partial charge on any atom is 0.210 e. The van der Waals surface area contributed by atoms with Gasteiger partial charge >= 0.3 is 0 Å². The van der Waals surface area contributed by atoms with Crippen molar-refractivity contribution in [3.8, 4) is 5.69 Å². The summed E-state index contributed by atoms with van der Waals surface area (Å²) in [6, 6.07) is 13.0. The van der Waals surface area contributed by atoms with Gasteiger partial charge in [-0.2, -0.15) is 4.57 Å². The summed E-state index contributed by atoms with van der Waals surface area (Å²) in [6.07, 6.45) is 4.19. The van der Waals surface area contributed by atoms with Gasteiger partial charge in [0.15, 0.2) is 12.4 Å². The van der Waals surface area contributed by atoms with Gasteiger partial charge in [0.1, 0.15) is 0 Å². The standard InChI is InChI=1S/C15H18N/c1-12(2)14-4-6-15(7-5-14)16-10-8-13(3)9-11-16/h4-12H,1-3H3/q+1. The molecule has 2 rings (SSSR count). The fraction of sp³-hybridized carbons (Fsp3) is 0.267. The van der Waals surface area contributed by atoms with Crippen molar-refractivity contribution in [2.45, 2.75) is 26.7 Å². The fourth-order valence-electron chi connectivity index (χ4n) is 1.70. The molecule has 0 fully saturated rings. The molecular weight excluding hydrogens is 194 g/mol. The number of rotatable bonds is 2. The van der Waals surface area contributed by atoms with E-state index in [9.17, 15) is 0 Å². The minimum Gasteiger partial charge on any atom is -0.167 e. The third-order valence-electron chi connectivity index (χ3n) is 2.85. The summed E-state index contributed by atoms with van der Waals surface area (Å²) < 4.78 is 2.14. The third kappa shape index (κ3) is 2.30. The zero-order chi connectivity index (χ0) is 11.5. The highest BCUT2D eigenvalue weighted by Gasteiger charge is 2.05. The molecule has 0 bridgehead atoms. The van der Waals surface area contributed by atoms with Crippen LogP contribution in [0.15, 0.2) is 48.8 Å². The van der Waals surface area contributed by atoms with Gasteiger partial charge in [0, 0.05) is 24.3 Å². The fourth-order valence-corrected chi connectivity index (χ4v) is 1.70. The van der Waals surface area contributed by atoms with Gasteiger partial charge in [0.05, 0.1) is 0 Å². The lowest BCUT2D eigenvalue weighted by Gasteiger charge is -2.04. The van der Waals surface area contributed by atoms with Crippen molar-refractivity contribution in [3.63, 3.8) is 0 Å². The van der Waals surface area contributed by atoms with Crippen LogP contribution < -0.4 is 4.57 Å². The Morgan fingerprint density at radius 3 is 1.94 bits per heavy atom. The van der Waals surface area contributed by atoms with Gasteiger partial charge < -0.3 is 0 Å². The number of nitrogens with zero attached hydrogens (tertiary/aromatic N) is 1. The molecular formula is C15H18N+. The van der Waals surface area contributed by atoms with E-state index in [1.54, 1.807) is 0 Å². The number of hydrogen-bond acceptors (Lipinski definition) is 0. The molecule has 0 saturated heterocycles. The molecule has 0 saturated carbocycles. The Bertz CT molecular complexity index is 452. The molecule has 0 amide bonds.